The van der Waals surface area contributed by atoms with Crippen LogP contribution < -0.4 is 0 Å². The smallest absolute Gasteiger partial charge is 0.214 e. The Balaban J connectivity index is 2.27. The molecule has 0 aliphatic rings. The number of aromatic nitrogens is 2. The quantitative estimate of drug-likeness (QED) is 0.871. The first kappa shape index (κ1) is 11.8. The molecule has 0 aliphatic carbocycles. The average molecular weight is 237 g/mol. The predicted molar refractivity (Wildman–Crippen MR) is 68.5 cm³/mol. The number of nitriles is 1. The summed E-state index contributed by atoms with van der Waals surface area (Å²) in [4.78, 5) is 8.05. The zero-order valence-corrected chi connectivity index (χ0v) is 9.83. The minimum atomic E-state index is -0.0482. The first-order valence-corrected chi connectivity index (χ1v) is 5.40. The van der Waals surface area contributed by atoms with Gasteiger partial charge in [-0.3, -0.25) is 0 Å². The van der Waals surface area contributed by atoms with Crippen molar-refractivity contribution in [3.05, 3.63) is 53.0 Å². The van der Waals surface area contributed by atoms with Crippen LogP contribution in [0.2, 0.25) is 0 Å². The van der Waals surface area contributed by atoms with Crippen LogP contribution in [0.1, 0.15) is 22.6 Å². The van der Waals surface area contributed by atoms with Crippen molar-refractivity contribution in [2.45, 2.75) is 6.92 Å². The fraction of sp³-hybridized carbons (Fsp3) is 0.0714. The molecule has 0 aliphatic heterocycles. The molecule has 1 N–H and O–H groups in total. The number of aromatic hydroxyl groups is 1. The van der Waals surface area contributed by atoms with E-state index < -0.39 is 0 Å². The fourth-order valence-corrected chi connectivity index (χ4v) is 1.53. The highest BCUT2D eigenvalue weighted by Crippen LogP contribution is 2.11. The van der Waals surface area contributed by atoms with Gasteiger partial charge >= 0.3 is 0 Å². The highest BCUT2D eigenvalue weighted by molar-refractivity contribution is 5.67. The van der Waals surface area contributed by atoms with Crippen LogP contribution >= 0.6 is 0 Å². The van der Waals surface area contributed by atoms with Gasteiger partial charge in [0, 0.05) is 11.8 Å². The maximum atomic E-state index is 9.35. The molecule has 88 valence electrons. The lowest BCUT2D eigenvalue weighted by molar-refractivity contribution is 0.450. The van der Waals surface area contributed by atoms with E-state index >= 15 is 0 Å². The van der Waals surface area contributed by atoms with Gasteiger partial charge in [-0.05, 0) is 30.7 Å². The van der Waals surface area contributed by atoms with Crippen molar-refractivity contribution < 1.29 is 5.11 Å². The van der Waals surface area contributed by atoms with Gasteiger partial charge in [0.25, 0.3) is 0 Å². The molecule has 2 aromatic rings. The molecule has 1 heterocycles. The van der Waals surface area contributed by atoms with E-state index in [2.05, 4.69) is 16.0 Å². The molecule has 0 saturated carbocycles. The summed E-state index contributed by atoms with van der Waals surface area (Å²) in [5, 5.41) is 18.1. The van der Waals surface area contributed by atoms with Gasteiger partial charge < -0.3 is 5.11 Å². The van der Waals surface area contributed by atoms with Crippen LogP contribution in [0.3, 0.4) is 0 Å². The lowest BCUT2D eigenvalue weighted by atomic mass is 10.1. The Morgan fingerprint density at radius 3 is 2.78 bits per heavy atom. The summed E-state index contributed by atoms with van der Waals surface area (Å²) in [6, 6.07) is 10.8. The molecule has 2 rings (SSSR count). The molecular weight excluding hydrogens is 226 g/mol. The van der Waals surface area contributed by atoms with E-state index in [1.54, 1.807) is 31.2 Å². The van der Waals surface area contributed by atoms with Crippen molar-refractivity contribution in [2.24, 2.45) is 0 Å². The molecule has 18 heavy (non-hydrogen) atoms. The SMILES string of the molecule is Cc1cc(O)nc(/C=C/c2cccc(C#N)c2)n1. The topological polar surface area (TPSA) is 69.8 Å². The number of rotatable bonds is 2. The number of hydrogen-bond donors (Lipinski definition) is 1. The second-order valence-corrected chi connectivity index (χ2v) is 3.80. The van der Waals surface area contributed by atoms with Crippen LogP contribution in [0.25, 0.3) is 12.2 Å². The highest BCUT2D eigenvalue weighted by Gasteiger charge is 1.97. The molecule has 0 fully saturated rings. The molecule has 4 heteroatoms. The second kappa shape index (κ2) is 5.11. The zero-order chi connectivity index (χ0) is 13.0. The van der Waals surface area contributed by atoms with Gasteiger partial charge in [-0.15, -0.1) is 0 Å². The number of aryl methyl sites for hydroxylation is 1. The van der Waals surface area contributed by atoms with Crippen LogP contribution in [0.15, 0.2) is 30.3 Å². The lowest BCUT2D eigenvalue weighted by Gasteiger charge is -1.97. The molecule has 0 saturated heterocycles. The third-order valence-electron chi connectivity index (χ3n) is 2.30. The molecule has 1 aromatic carbocycles. The van der Waals surface area contributed by atoms with E-state index in [9.17, 15) is 5.11 Å². The monoisotopic (exact) mass is 237 g/mol. The van der Waals surface area contributed by atoms with E-state index in [1.807, 2.05) is 12.1 Å². The molecule has 0 radical (unpaired) electrons. The van der Waals surface area contributed by atoms with Gasteiger partial charge in [-0.1, -0.05) is 18.2 Å². The van der Waals surface area contributed by atoms with Crippen molar-refractivity contribution >= 4 is 12.2 Å². The largest absolute Gasteiger partial charge is 0.493 e. The third kappa shape index (κ3) is 2.92. The Labute approximate surface area is 105 Å². The van der Waals surface area contributed by atoms with E-state index in [1.165, 1.54) is 6.07 Å². The molecule has 0 unspecified atom stereocenters. The Hall–Kier alpha value is -2.67. The standard InChI is InChI=1S/C14H11N3O/c1-10-7-14(18)17-13(16-10)6-5-11-3-2-4-12(8-11)9-15/h2-8H,1H3,(H,16,17,18)/b6-5+. The minimum absolute atomic E-state index is 0.0482. The van der Waals surface area contributed by atoms with Crippen molar-refractivity contribution in [1.82, 2.24) is 9.97 Å². The van der Waals surface area contributed by atoms with E-state index in [0.29, 0.717) is 17.1 Å². The summed E-state index contributed by atoms with van der Waals surface area (Å²) in [7, 11) is 0. The maximum Gasteiger partial charge on any atom is 0.214 e. The van der Waals surface area contributed by atoms with Gasteiger partial charge in [0.05, 0.1) is 11.6 Å². The van der Waals surface area contributed by atoms with Crippen molar-refractivity contribution in [2.75, 3.05) is 0 Å². The van der Waals surface area contributed by atoms with Crippen LogP contribution in [-0.2, 0) is 0 Å². The summed E-state index contributed by atoms with van der Waals surface area (Å²) >= 11 is 0. The minimum Gasteiger partial charge on any atom is -0.493 e. The van der Waals surface area contributed by atoms with Crippen molar-refractivity contribution in [1.29, 1.82) is 5.26 Å². The zero-order valence-electron chi connectivity index (χ0n) is 9.83. The van der Waals surface area contributed by atoms with Gasteiger partial charge in [0.1, 0.15) is 0 Å². The molecule has 0 bridgehead atoms. The lowest BCUT2D eigenvalue weighted by Crippen LogP contribution is -1.90. The van der Waals surface area contributed by atoms with E-state index in [4.69, 9.17) is 5.26 Å². The van der Waals surface area contributed by atoms with Crippen LogP contribution in [0.5, 0.6) is 5.88 Å². The predicted octanol–water partition coefficient (Wildman–Crippen LogP) is 2.53. The van der Waals surface area contributed by atoms with E-state index in [-0.39, 0.29) is 5.88 Å². The summed E-state index contributed by atoms with van der Waals surface area (Å²) in [5.41, 5.74) is 2.19. The maximum absolute atomic E-state index is 9.35. The summed E-state index contributed by atoms with van der Waals surface area (Å²) < 4.78 is 0. The Morgan fingerprint density at radius 1 is 1.22 bits per heavy atom. The molecule has 0 amide bonds. The van der Waals surface area contributed by atoms with Gasteiger partial charge in [0.15, 0.2) is 5.82 Å². The number of benzene rings is 1. The van der Waals surface area contributed by atoms with Crippen LogP contribution in [0.4, 0.5) is 0 Å². The third-order valence-corrected chi connectivity index (χ3v) is 2.30. The second-order valence-electron chi connectivity index (χ2n) is 3.80. The van der Waals surface area contributed by atoms with Gasteiger partial charge in [0.2, 0.25) is 5.88 Å². The van der Waals surface area contributed by atoms with Crippen molar-refractivity contribution in [3.8, 4) is 11.9 Å². The number of hydrogen-bond acceptors (Lipinski definition) is 4. The molecule has 0 spiro atoms. The average Bonchev–Trinajstić information content (AvgIpc) is 2.35. The van der Waals surface area contributed by atoms with Gasteiger partial charge in [-0.2, -0.15) is 10.2 Å². The first-order chi connectivity index (χ1) is 8.67. The summed E-state index contributed by atoms with van der Waals surface area (Å²) in [6.07, 6.45) is 3.50. The first-order valence-electron chi connectivity index (χ1n) is 5.40. The summed E-state index contributed by atoms with van der Waals surface area (Å²) in [6.45, 7) is 1.79. The highest BCUT2D eigenvalue weighted by atomic mass is 16.3. The summed E-state index contributed by atoms with van der Waals surface area (Å²) in [5.74, 6) is 0.391. The molecule has 0 atom stereocenters. The van der Waals surface area contributed by atoms with E-state index in [0.717, 1.165) is 5.56 Å². The molecule has 1 aromatic heterocycles. The number of nitrogens with zero attached hydrogens (tertiary/aromatic N) is 3. The van der Waals surface area contributed by atoms with Crippen molar-refractivity contribution in [3.63, 3.8) is 0 Å². The molecule has 4 nitrogen and oxygen atoms in total. The van der Waals surface area contributed by atoms with Crippen LogP contribution in [0, 0.1) is 18.3 Å². The molecular formula is C14H11N3O. The Kier molecular flexibility index (Phi) is 3.35. The Bertz CT molecular complexity index is 621. The van der Waals surface area contributed by atoms with Crippen LogP contribution in [-0.4, -0.2) is 15.1 Å². The van der Waals surface area contributed by atoms with Gasteiger partial charge in [-0.25, -0.2) is 4.98 Å². The Morgan fingerprint density at radius 2 is 2.06 bits per heavy atom. The fourth-order valence-electron chi connectivity index (χ4n) is 1.53. The normalized spacial score (nSPS) is 10.4.